The van der Waals surface area contributed by atoms with Gasteiger partial charge in [0, 0.05) is 11.8 Å². The molecule has 4 N–H and O–H groups in total. The first-order valence-corrected chi connectivity index (χ1v) is 8.72. The lowest BCUT2D eigenvalue weighted by atomic mass is 9.95. The summed E-state index contributed by atoms with van der Waals surface area (Å²) in [5, 5.41) is 35.0. The Labute approximate surface area is 158 Å². The summed E-state index contributed by atoms with van der Waals surface area (Å²) in [6.07, 6.45) is 8.44. The molecule has 1 aromatic rings. The Morgan fingerprint density at radius 3 is 2.50 bits per heavy atom. The maximum Gasteiger partial charge on any atom is 0.269 e. The molecule has 0 bridgehead atoms. The minimum Gasteiger partial charge on any atom is -0.508 e. The van der Waals surface area contributed by atoms with Crippen LogP contribution in [0.15, 0.2) is 30.4 Å². The van der Waals surface area contributed by atoms with E-state index >= 15 is 0 Å². The van der Waals surface area contributed by atoms with Crippen molar-refractivity contribution in [3.8, 4) is 11.8 Å². The number of allylic oxidation sites excluding steroid dienone is 1. The van der Waals surface area contributed by atoms with Gasteiger partial charge in [-0.3, -0.25) is 10.2 Å². The molecule has 0 unspecified atom stereocenters. The zero-order chi connectivity index (χ0) is 19.5. The van der Waals surface area contributed by atoms with Gasteiger partial charge in [-0.05, 0) is 50.1 Å². The molecule has 0 saturated heterocycles. The van der Waals surface area contributed by atoms with Gasteiger partial charge in [-0.1, -0.05) is 30.9 Å². The number of nitrogens with zero attached hydrogens (tertiary/aromatic N) is 1. The Morgan fingerprint density at radius 1 is 1.31 bits per heavy atom. The first kappa shape index (κ1) is 21.4. The maximum atomic E-state index is 11.6. The quantitative estimate of drug-likeness (QED) is 0.596. The van der Waals surface area contributed by atoms with Crippen LogP contribution >= 0.6 is 11.6 Å². The molecule has 0 spiro atoms. The Morgan fingerprint density at radius 2 is 1.96 bits per heavy atom. The summed E-state index contributed by atoms with van der Waals surface area (Å²) in [6.45, 7) is 1.61. The number of phenols is 1. The molecule has 1 aliphatic carbocycles. The zero-order valence-electron chi connectivity index (χ0n) is 14.7. The zero-order valence-corrected chi connectivity index (χ0v) is 15.4. The number of hydrogen-bond donors (Lipinski definition) is 4. The lowest BCUT2D eigenvalue weighted by Gasteiger charge is -2.22. The molecular formula is C19H23ClN4O2. The van der Waals surface area contributed by atoms with E-state index in [4.69, 9.17) is 32.8 Å². The Balaban J connectivity index is 0.000000289. The van der Waals surface area contributed by atoms with Crippen molar-refractivity contribution >= 4 is 28.9 Å². The standard InChI is InChI=1S/C12H19N3O.C7H4ClNO/c1-9(13)7-8-11(14)12(16)15-10-5-3-2-4-6-10;8-7-3-6(10)2-1-5(7)4-9/h7-8,10,13-14H,2-6H2,1H3,(H,15,16);1-3,10H/b8-7-,13-9?,14-11?;. The highest BCUT2D eigenvalue weighted by Crippen LogP contribution is 2.20. The fourth-order valence-corrected chi connectivity index (χ4v) is 2.61. The lowest BCUT2D eigenvalue weighted by molar-refractivity contribution is -0.115. The van der Waals surface area contributed by atoms with E-state index in [1.54, 1.807) is 6.92 Å². The molecular weight excluding hydrogens is 352 g/mol. The highest BCUT2D eigenvalue weighted by Gasteiger charge is 2.16. The van der Waals surface area contributed by atoms with E-state index in [1.165, 1.54) is 36.8 Å². The second-order valence-electron chi connectivity index (χ2n) is 6.01. The van der Waals surface area contributed by atoms with E-state index in [9.17, 15) is 4.79 Å². The predicted molar refractivity (Wildman–Crippen MR) is 103 cm³/mol. The van der Waals surface area contributed by atoms with E-state index in [1.807, 2.05) is 6.07 Å². The number of carbonyl (C=O) groups excluding carboxylic acids is 1. The van der Waals surface area contributed by atoms with Gasteiger partial charge in [0.2, 0.25) is 0 Å². The van der Waals surface area contributed by atoms with Crippen molar-refractivity contribution < 1.29 is 9.90 Å². The number of benzene rings is 1. The van der Waals surface area contributed by atoms with Gasteiger partial charge in [0.05, 0.1) is 10.6 Å². The molecule has 2 rings (SSSR count). The van der Waals surface area contributed by atoms with Crippen molar-refractivity contribution in [1.82, 2.24) is 5.32 Å². The van der Waals surface area contributed by atoms with Gasteiger partial charge in [0.15, 0.2) is 0 Å². The third kappa shape index (κ3) is 7.95. The van der Waals surface area contributed by atoms with Crippen LogP contribution in [0.25, 0.3) is 0 Å². The molecule has 0 atom stereocenters. The molecule has 138 valence electrons. The smallest absolute Gasteiger partial charge is 0.269 e. The van der Waals surface area contributed by atoms with E-state index in [0.29, 0.717) is 11.3 Å². The summed E-state index contributed by atoms with van der Waals surface area (Å²) in [4.78, 5) is 11.6. The summed E-state index contributed by atoms with van der Waals surface area (Å²) in [6, 6.07) is 6.34. The van der Waals surface area contributed by atoms with E-state index in [0.717, 1.165) is 25.7 Å². The molecule has 0 aromatic heterocycles. The van der Waals surface area contributed by atoms with Crippen molar-refractivity contribution in [1.29, 1.82) is 16.1 Å². The number of rotatable bonds is 4. The average molecular weight is 375 g/mol. The van der Waals surface area contributed by atoms with Gasteiger partial charge >= 0.3 is 0 Å². The minimum atomic E-state index is -0.329. The van der Waals surface area contributed by atoms with Crippen molar-refractivity contribution in [3.63, 3.8) is 0 Å². The highest BCUT2D eigenvalue weighted by atomic mass is 35.5. The largest absolute Gasteiger partial charge is 0.508 e. The molecule has 0 heterocycles. The maximum absolute atomic E-state index is 11.6. The summed E-state index contributed by atoms with van der Waals surface area (Å²) in [5.41, 5.74) is 0.645. The van der Waals surface area contributed by atoms with Crippen LogP contribution in [-0.2, 0) is 4.79 Å². The van der Waals surface area contributed by atoms with Crippen molar-refractivity contribution in [3.05, 3.63) is 40.9 Å². The lowest BCUT2D eigenvalue weighted by Crippen LogP contribution is -2.39. The topological polar surface area (TPSA) is 121 Å². The van der Waals surface area contributed by atoms with Gasteiger partial charge < -0.3 is 15.8 Å². The summed E-state index contributed by atoms with van der Waals surface area (Å²) >= 11 is 5.55. The SMILES string of the molecule is CC(=N)/C=C\C(=N)C(=O)NC1CCCCC1.N#Cc1ccc(O)cc1Cl. The number of phenolic OH excluding ortho intramolecular Hbond substituents is 1. The summed E-state index contributed by atoms with van der Waals surface area (Å²) < 4.78 is 0. The van der Waals surface area contributed by atoms with E-state index in [-0.39, 0.29) is 28.4 Å². The highest BCUT2D eigenvalue weighted by molar-refractivity contribution is 6.42. The number of halogens is 1. The average Bonchev–Trinajstić information content (AvgIpc) is 2.61. The van der Waals surface area contributed by atoms with Gasteiger partial charge in [0.1, 0.15) is 17.5 Å². The number of carbonyl (C=O) groups is 1. The molecule has 6 nitrogen and oxygen atoms in total. The van der Waals surface area contributed by atoms with Crippen LogP contribution in [-0.4, -0.2) is 28.5 Å². The monoisotopic (exact) mass is 374 g/mol. The molecule has 26 heavy (non-hydrogen) atoms. The van der Waals surface area contributed by atoms with Crippen LogP contribution in [0.1, 0.15) is 44.6 Å². The van der Waals surface area contributed by atoms with Gasteiger partial charge in [-0.25, -0.2) is 0 Å². The van der Waals surface area contributed by atoms with Gasteiger partial charge in [-0.2, -0.15) is 5.26 Å². The van der Waals surface area contributed by atoms with Crippen molar-refractivity contribution in [2.24, 2.45) is 0 Å². The molecule has 1 aliphatic rings. The Hall–Kier alpha value is -2.65. The van der Waals surface area contributed by atoms with E-state index in [2.05, 4.69) is 5.32 Å². The molecule has 1 aromatic carbocycles. The van der Waals surface area contributed by atoms with Crippen LogP contribution in [0.5, 0.6) is 5.75 Å². The molecule has 0 aliphatic heterocycles. The normalized spacial score (nSPS) is 14.0. The van der Waals surface area contributed by atoms with Gasteiger partial charge in [0.25, 0.3) is 5.91 Å². The Kier molecular flexibility index (Phi) is 9.10. The first-order chi connectivity index (χ1) is 12.3. The second-order valence-corrected chi connectivity index (χ2v) is 6.42. The van der Waals surface area contributed by atoms with Crippen molar-refractivity contribution in [2.75, 3.05) is 0 Å². The molecule has 0 radical (unpaired) electrons. The Bertz CT molecular complexity index is 732. The molecule has 1 fully saturated rings. The predicted octanol–water partition coefficient (Wildman–Crippen LogP) is 3.97. The van der Waals surface area contributed by atoms with Crippen LogP contribution in [0.3, 0.4) is 0 Å². The summed E-state index contributed by atoms with van der Waals surface area (Å²) in [5.74, 6) is -0.256. The second kappa shape index (κ2) is 11.1. The molecule has 1 saturated carbocycles. The summed E-state index contributed by atoms with van der Waals surface area (Å²) in [7, 11) is 0. The fourth-order valence-electron chi connectivity index (χ4n) is 2.39. The number of nitrogens with one attached hydrogen (secondary N) is 3. The number of nitriles is 1. The third-order valence-electron chi connectivity index (χ3n) is 3.76. The minimum absolute atomic E-state index is 0.0721. The molecule has 1 amide bonds. The van der Waals surface area contributed by atoms with Crippen LogP contribution < -0.4 is 5.32 Å². The first-order valence-electron chi connectivity index (χ1n) is 8.34. The van der Waals surface area contributed by atoms with Crippen LogP contribution in [0.2, 0.25) is 5.02 Å². The van der Waals surface area contributed by atoms with Crippen molar-refractivity contribution in [2.45, 2.75) is 45.1 Å². The number of aromatic hydroxyl groups is 1. The number of amides is 1. The third-order valence-corrected chi connectivity index (χ3v) is 4.07. The van der Waals surface area contributed by atoms with Gasteiger partial charge in [-0.15, -0.1) is 0 Å². The van der Waals surface area contributed by atoms with E-state index < -0.39 is 0 Å². The number of hydrogen-bond acceptors (Lipinski definition) is 5. The van der Waals surface area contributed by atoms with Crippen LogP contribution in [0, 0.1) is 22.1 Å². The fraction of sp³-hybridized carbons (Fsp3) is 0.368. The molecule has 7 heteroatoms. The van der Waals surface area contributed by atoms with Crippen LogP contribution in [0.4, 0.5) is 0 Å².